The number of hydrogen-bond donors (Lipinski definition) is 3. The predicted molar refractivity (Wildman–Crippen MR) is 122 cm³/mol. The molecule has 0 saturated heterocycles. The standard InChI is InChI=1S/C24H22FN5O/c1-15-3-12-21-20(13-15)22(30-24(26-2)29-21)27-14-16-4-10-19(11-5-16)28-23(31)17-6-8-18(25)9-7-17/h3-13H,14H2,1-2H3,(H,28,31)(H2,26,27,29,30). The van der Waals surface area contributed by atoms with E-state index in [1.54, 1.807) is 7.05 Å². The average Bonchev–Trinajstić information content (AvgIpc) is 2.78. The van der Waals surface area contributed by atoms with Crippen molar-refractivity contribution in [2.45, 2.75) is 13.5 Å². The van der Waals surface area contributed by atoms with Crippen LogP contribution >= 0.6 is 0 Å². The molecule has 7 heteroatoms. The topological polar surface area (TPSA) is 78.9 Å². The summed E-state index contributed by atoms with van der Waals surface area (Å²) in [4.78, 5) is 21.3. The first-order valence-corrected chi connectivity index (χ1v) is 9.88. The first kappa shape index (κ1) is 20.3. The molecule has 0 aliphatic carbocycles. The van der Waals surface area contributed by atoms with Gasteiger partial charge in [-0.15, -0.1) is 0 Å². The molecule has 3 N–H and O–H groups in total. The minimum Gasteiger partial charge on any atom is -0.365 e. The molecule has 4 rings (SSSR count). The third-order valence-corrected chi connectivity index (χ3v) is 4.85. The molecule has 0 radical (unpaired) electrons. The van der Waals surface area contributed by atoms with E-state index in [0.29, 0.717) is 23.7 Å². The molecule has 0 aliphatic heterocycles. The van der Waals surface area contributed by atoms with Crippen LogP contribution < -0.4 is 16.0 Å². The van der Waals surface area contributed by atoms with Crippen LogP contribution in [0.2, 0.25) is 0 Å². The van der Waals surface area contributed by atoms with Gasteiger partial charge in [0.05, 0.1) is 5.52 Å². The number of carbonyl (C=O) groups is 1. The molecule has 0 spiro atoms. The second kappa shape index (κ2) is 8.79. The molecule has 6 nitrogen and oxygen atoms in total. The SMILES string of the molecule is CNc1nc(NCc2ccc(NC(=O)c3ccc(F)cc3)cc2)c2cc(C)ccc2n1. The van der Waals surface area contributed by atoms with Crippen LogP contribution in [0.15, 0.2) is 66.7 Å². The largest absolute Gasteiger partial charge is 0.365 e. The number of anilines is 3. The smallest absolute Gasteiger partial charge is 0.255 e. The van der Waals surface area contributed by atoms with E-state index in [9.17, 15) is 9.18 Å². The molecule has 4 aromatic rings. The quantitative estimate of drug-likeness (QED) is 0.414. The van der Waals surface area contributed by atoms with E-state index in [4.69, 9.17) is 0 Å². The summed E-state index contributed by atoms with van der Waals surface area (Å²) in [6.45, 7) is 2.60. The highest BCUT2D eigenvalue weighted by Crippen LogP contribution is 2.24. The summed E-state index contributed by atoms with van der Waals surface area (Å²) >= 11 is 0. The Morgan fingerprint density at radius 2 is 1.71 bits per heavy atom. The second-order valence-electron chi connectivity index (χ2n) is 7.18. The number of benzene rings is 3. The number of nitrogens with zero attached hydrogens (tertiary/aromatic N) is 2. The van der Waals surface area contributed by atoms with Gasteiger partial charge in [0.15, 0.2) is 0 Å². The third kappa shape index (κ3) is 4.78. The van der Waals surface area contributed by atoms with E-state index in [2.05, 4.69) is 32.0 Å². The maximum Gasteiger partial charge on any atom is 0.255 e. The minimum atomic E-state index is -0.373. The van der Waals surface area contributed by atoms with Gasteiger partial charge in [0.1, 0.15) is 11.6 Å². The van der Waals surface area contributed by atoms with E-state index in [1.165, 1.54) is 24.3 Å². The van der Waals surface area contributed by atoms with E-state index >= 15 is 0 Å². The van der Waals surface area contributed by atoms with E-state index in [0.717, 1.165) is 27.8 Å². The Kier molecular flexibility index (Phi) is 5.75. The minimum absolute atomic E-state index is 0.284. The van der Waals surface area contributed by atoms with Crippen molar-refractivity contribution in [1.29, 1.82) is 0 Å². The second-order valence-corrected chi connectivity index (χ2v) is 7.18. The molecule has 3 aromatic carbocycles. The van der Waals surface area contributed by atoms with Crippen molar-refractivity contribution < 1.29 is 9.18 Å². The first-order chi connectivity index (χ1) is 15.0. The van der Waals surface area contributed by atoms with Crippen molar-refractivity contribution in [2.75, 3.05) is 23.0 Å². The van der Waals surface area contributed by atoms with Crippen LogP contribution in [0, 0.1) is 12.7 Å². The predicted octanol–water partition coefficient (Wildman–Crippen LogP) is 4.98. The molecule has 0 unspecified atom stereocenters. The van der Waals surface area contributed by atoms with Gasteiger partial charge >= 0.3 is 0 Å². The number of hydrogen-bond acceptors (Lipinski definition) is 5. The summed E-state index contributed by atoms with van der Waals surface area (Å²) < 4.78 is 13.0. The Morgan fingerprint density at radius 3 is 2.42 bits per heavy atom. The van der Waals surface area contributed by atoms with Crippen LogP contribution in [0.5, 0.6) is 0 Å². The summed E-state index contributed by atoms with van der Waals surface area (Å²) in [6.07, 6.45) is 0. The molecule has 1 heterocycles. The summed E-state index contributed by atoms with van der Waals surface area (Å²) in [6, 6.07) is 19.0. The van der Waals surface area contributed by atoms with Gasteiger partial charge in [0.2, 0.25) is 5.95 Å². The van der Waals surface area contributed by atoms with Crippen molar-refractivity contribution in [3.63, 3.8) is 0 Å². The summed E-state index contributed by atoms with van der Waals surface area (Å²) in [7, 11) is 1.79. The Balaban J connectivity index is 1.45. The number of amides is 1. The highest BCUT2D eigenvalue weighted by atomic mass is 19.1. The van der Waals surface area contributed by atoms with Gasteiger partial charge in [0.25, 0.3) is 5.91 Å². The highest BCUT2D eigenvalue weighted by Gasteiger charge is 2.09. The molecule has 31 heavy (non-hydrogen) atoms. The number of halogens is 1. The molecule has 0 atom stereocenters. The van der Waals surface area contributed by atoms with Gasteiger partial charge in [-0.25, -0.2) is 9.37 Å². The molecular weight excluding hydrogens is 393 g/mol. The van der Waals surface area contributed by atoms with Crippen molar-refractivity contribution in [3.8, 4) is 0 Å². The summed E-state index contributed by atoms with van der Waals surface area (Å²) in [5.41, 5.74) is 4.10. The molecule has 1 aromatic heterocycles. The van der Waals surface area contributed by atoms with Gasteiger partial charge in [-0.3, -0.25) is 4.79 Å². The van der Waals surface area contributed by atoms with Crippen LogP contribution in [0.1, 0.15) is 21.5 Å². The Hall–Kier alpha value is -4.00. The fourth-order valence-electron chi connectivity index (χ4n) is 3.19. The van der Waals surface area contributed by atoms with Crippen LogP contribution in [-0.4, -0.2) is 22.9 Å². The van der Waals surface area contributed by atoms with Crippen LogP contribution in [-0.2, 0) is 6.54 Å². The monoisotopic (exact) mass is 415 g/mol. The van der Waals surface area contributed by atoms with Crippen LogP contribution in [0.3, 0.4) is 0 Å². The number of aryl methyl sites for hydroxylation is 1. The van der Waals surface area contributed by atoms with Gasteiger partial charge in [-0.1, -0.05) is 23.8 Å². The van der Waals surface area contributed by atoms with Crippen molar-refractivity contribution in [3.05, 3.63) is 89.2 Å². The highest BCUT2D eigenvalue weighted by molar-refractivity contribution is 6.04. The van der Waals surface area contributed by atoms with Gasteiger partial charge < -0.3 is 16.0 Å². The molecule has 0 saturated carbocycles. The third-order valence-electron chi connectivity index (χ3n) is 4.85. The maximum absolute atomic E-state index is 13.0. The first-order valence-electron chi connectivity index (χ1n) is 9.88. The van der Waals surface area contributed by atoms with Crippen molar-refractivity contribution in [1.82, 2.24) is 9.97 Å². The normalized spacial score (nSPS) is 10.7. The van der Waals surface area contributed by atoms with Crippen LogP contribution in [0.4, 0.5) is 21.8 Å². The summed E-state index contributed by atoms with van der Waals surface area (Å²) in [5, 5.41) is 10.1. The van der Waals surface area contributed by atoms with Gasteiger partial charge in [-0.05, 0) is 61.0 Å². The Morgan fingerprint density at radius 1 is 0.968 bits per heavy atom. The molecule has 0 fully saturated rings. The molecule has 1 amide bonds. The number of aromatic nitrogens is 2. The zero-order valence-corrected chi connectivity index (χ0v) is 17.2. The van der Waals surface area contributed by atoms with Crippen LogP contribution in [0.25, 0.3) is 10.9 Å². The number of nitrogens with one attached hydrogen (secondary N) is 3. The lowest BCUT2D eigenvalue weighted by molar-refractivity contribution is 0.102. The lowest BCUT2D eigenvalue weighted by Crippen LogP contribution is -2.12. The van der Waals surface area contributed by atoms with Crippen molar-refractivity contribution >= 4 is 34.3 Å². The molecule has 156 valence electrons. The Labute approximate surface area is 179 Å². The van der Waals surface area contributed by atoms with E-state index < -0.39 is 0 Å². The lowest BCUT2D eigenvalue weighted by Gasteiger charge is -2.12. The van der Waals surface area contributed by atoms with E-state index in [1.807, 2.05) is 43.3 Å². The molecular formula is C24H22FN5O. The fourth-order valence-corrected chi connectivity index (χ4v) is 3.19. The summed E-state index contributed by atoms with van der Waals surface area (Å²) in [5.74, 6) is 0.652. The number of carbonyl (C=O) groups excluding carboxylic acids is 1. The fraction of sp³-hybridized carbons (Fsp3) is 0.125. The molecule has 0 bridgehead atoms. The lowest BCUT2D eigenvalue weighted by atomic mass is 10.1. The average molecular weight is 415 g/mol. The number of rotatable bonds is 6. The zero-order valence-electron chi connectivity index (χ0n) is 17.2. The molecule has 0 aliphatic rings. The zero-order chi connectivity index (χ0) is 21.8. The van der Waals surface area contributed by atoms with Gasteiger partial charge in [0, 0.05) is 30.2 Å². The maximum atomic E-state index is 13.0. The van der Waals surface area contributed by atoms with Crippen molar-refractivity contribution in [2.24, 2.45) is 0 Å². The Bertz CT molecular complexity index is 1220. The van der Waals surface area contributed by atoms with E-state index in [-0.39, 0.29) is 11.7 Å². The number of fused-ring (bicyclic) bond motifs is 1. The van der Waals surface area contributed by atoms with Gasteiger partial charge in [-0.2, -0.15) is 4.98 Å².